The number of aryl methyl sites for hydroxylation is 2. The molecular weight excluding hydrogens is 574 g/mol. The fourth-order valence-electron chi connectivity index (χ4n) is 5.31. The maximum absolute atomic E-state index is 7.15. The van der Waals surface area contributed by atoms with Crippen molar-refractivity contribution in [2.75, 3.05) is 0 Å². The van der Waals surface area contributed by atoms with E-state index in [1.165, 1.54) is 43.5 Å². The molecule has 0 atom stereocenters. The van der Waals surface area contributed by atoms with Crippen molar-refractivity contribution in [2.45, 2.75) is 27.7 Å². The van der Waals surface area contributed by atoms with Crippen LogP contribution in [0.1, 0.15) is 22.3 Å². The number of hydrogen-bond donors (Lipinski definition) is 0. The van der Waals surface area contributed by atoms with Gasteiger partial charge in [0.15, 0.2) is 16.3 Å². The summed E-state index contributed by atoms with van der Waals surface area (Å²) in [5.41, 5.74) is 7.02. The second kappa shape index (κ2) is 13.6. The molecular formula is C40H36O2P2. The van der Waals surface area contributed by atoms with Crippen LogP contribution >= 0.6 is 16.3 Å². The highest BCUT2D eigenvalue weighted by atomic mass is 31.1. The van der Waals surface area contributed by atoms with Gasteiger partial charge in [-0.2, -0.15) is 0 Å². The van der Waals surface area contributed by atoms with E-state index in [1.807, 2.05) is 0 Å². The lowest BCUT2D eigenvalue weighted by molar-refractivity contribution is 0.620. The number of hydrogen-bond acceptors (Lipinski definition) is 2. The Hall–Kier alpha value is -4.22. The monoisotopic (exact) mass is 610 g/mol. The average molecular weight is 611 g/mol. The Labute approximate surface area is 264 Å². The molecule has 0 radical (unpaired) electrons. The molecule has 0 aromatic heterocycles. The van der Waals surface area contributed by atoms with Crippen molar-refractivity contribution in [1.29, 1.82) is 0 Å². The van der Waals surface area contributed by atoms with E-state index in [2.05, 4.69) is 173 Å². The Kier molecular flexibility index (Phi) is 9.23. The Balaban J connectivity index is 1.52. The topological polar surface area (TPSA) is 18.5 Å². The minimum absolute atomic E-state index is 0.870. The van der Waals surface area contributed by atoms with Gasteiger partial charge in [0.2, 0.25) is 0 Å². The molecule has 44 heavy (non-hydrogen) atoms. The minimum atomic E-state index is -1.11. The van der Waals surface area contributed by atoms with Gasteiger partial charge in [-0.15, -0.1) is 0 Å². The number of rotatable bonds is 9. The molecule has 6 aromatic rings. The van der Waals surface area contributed by atoms with Crippen molar-refractivity contribution in [1.82, 2.24) is 0 Å². The van der Waals surface area contributed by atoms with E-state index in [0.29, 0.717) is 0 Å². The van der Waals surface area contributed by atoms with E-state index < -0.39 is 16.3 Å². The molecule has 0 aliphatic rings. The Morgan fingerprint density at radius 1 is 0.341 bits per heavy atom. The molecule has 6 aromatic carbocycles. The van der Waals surface area contributed by atoms with Crippen LogP contribution in [0.15, 0.2) is 146 Å². The van der Waals surface area contributed by atoms with E-state index in [4.69, 9.17) is 9.05 Å². The van der Waals surface area contributed by atoms with Gasteiger partial charge in [-0.05, 0) is 62.1 Å². The van der Waals surface area contributed by atoms with Gasteiger partial charge in [-0.25, -0.2) is 0 Å². The quantitative estimate of drug-likeness (QED) is 0.152. The van der Waals surface area contributed by atoms with Gasteiger partial charge in [-0.3, -0.25) is 0 Å². The van der Waals surface area contributed by atoms with Crippen molar-refractivity contribution in [3.63, 3.8) is 0 Å². The molecule has 0 spiro atoms. The molecule has 2 nitrogen and oxygen atoms in total. The van der Waals surface area contributed by atoms with Gasteiger partial charge in [0.05, 0.1) is 0 Å². The molecule has 0 saturated carbocycles. The summed E-state index contributed by atoms with van der Waals surface area (Å²) >= 11 is 0. The third-order valence-corrected chi connectivity index (χ3v) is 11.8. The van der Waals surface area contributed by atoms with Crippen LogP contribution in [0.3, 0.4) is 0 Å². The standard InChI is InChI=1S/C40H36O2P2/c1-29-25-27-37(41-43(33-17-9-5-10-18-33)34-19-11-6-12-20-34)39(31(29)3)40-32(4)30(2)26-28-38(40)42-44(35-21-13-7-14-22-35)36-23-15-8-16-24-36/h5-28H,1-4H3. The van der Waals surface area contributed by atoms with Crippen LogP contribution in [0, 0.1) is 27.7 Å². The van der Waals surface area contributed by atoms with Gasteiger partial charge in [0.1, 0.15) is 11.5 Å². The SMILES string of the molecule is Cc1ccc(OP(c2ccccc2)c2ccccc2)c(-c2c(OP(c3ccccc3)c3ccccc3)ccc(C)c2C)c1C. The summed E-state index contributed by atoms with van der Waals surface area (Å²) in [5, 5.41) is 4.69. The van der Waals surface area contributed by atoms with Gasteiger partial charge in [0, 0.05) is 32.3 Å². The third-order valence-electron chi connectivity index (χ3n) is 7.99. The highest BCUT2D eigenvalue weighted by Crippen LogP contribution is 2.49. The van der Waals surface area contributed by atoms with Crippen LogP contribution in [-0.4, -0.2) is 0 Å². The molecule has 218 valence electrons. The smallest absolute Gasteiger partial charge is 0.150 e. The molecule has 4 heteroatoms. The predicted octanol–water partition coefficient (Wildman–Crippen LogP) is 9.44. The van der Waals surface area contributed by atoms with Crippen molar-refractivity contribution in [3.8, 4) is 22.6 Å². The van der Waals surface area contributed by atoms with Crippen LogP contribution in [0.5, 0.6) is 11.5 Å². The van der Waals surface area contributed by atoms with Crippen LogP contribution in [0.4, 0.5) is 0 Å². The van der Waals surface area contributed by atoms with E-state index in [-0.39, 0.29) is 0 Å². The zero-order chi connectivity index (χ0) is 30.5. The lowest BCUT2D eigenvalue weighted by Crippen LogP contribution is -2.16. The van der Waals surface area contributed by atoms with Crippen LogP contribution in [0.2, 0.25) is 0 Å². The summed E-state index contributed by atoms with van der Waals surface area (Å²) in [6.07, 6.45) is 0. The number of benzene rings is 6. The predicted molar refractivity (Wildman–Crippen MR) is 190 cm³/mol. The second-order valence-corrected chi connectivity index (χ2v) is 14.5. The molecule has 0 unspecified atom stereocenters. The first kappa shape index (κ1) is 29.8. The minimum Gasteiger partial charge on any atom is -0.464 e. The van der Waals surface area contributed by atoms with Gasteiger partial charge < -0.3 is 9.05 Å². The first-order valence-corrected chi connectivity index (χ1v) is 17.4. The van der Waals surface area contributed by atoms with Gasteiger partial charge >= 0.3 is 0 Å². The Bertz CT molecular complexity index is 1620. The van der Waals surface area contributed by atoms with Crippen molar-refractivity contribution < 1.29 is 9.05 Å². The van der Waals surface area contributed by atoms with Crippen molar-refractivity contribution in [2.24, 2.45) is 0 Å². The highest BCUT2D eigenvalue weighted by molar-refractivity contribution is 7.69. The fraction of sp³-hybridized carbons (Fsp3) is 0.100. The van der Waals surface area contributed by atoms with Crippen LogP contribution < -0.4 is 30.3 Å². The maximum atomic E-state index is 7.15. The molecule has 0 amide bonds. The maximum Gasteiger partial charge on any atom is 0.150 e. The highest BCUT2D eigenvalue weighted by Gasteiger charge is 2.26. The zero-order valence-corrected chi connectivity index (χ0v) is 27.4. The molecule has 0 saturated heterocycles. The first-order chi connectivity index (χ1) is 21.5. The van der Waals surface area contributed by atoms with E-state index in [0.717, 1.165) is 22.6 Å². The largest absolute Gasteiger partial charge is 0.464 e. The summed E-state index contributed by atoms with van der Waals surface area (Å²) in [6.45, 7) is 8.75. The molecule has 6 rings (SSSR count). The summed E-state index contributed by atoms with van der Waals surface area (Å²) in [7, 11) is -2.22. The first-order valence-electron chi connectivity index (χ1n) is 14.9. The second-order valence-electron chi connectivity index (χ2n) is 10.9. The van der Waals surface area contributed by atoms with Crippen molar-refractivity contribution >= 4 is 37.5 Å². The summed E-state index contributed by atoms with van der Waals surface area (Å²) < 4.78 is 14.3. The average Bonchev–Trinajstić information content (AvgIpc) is 3.08. The lowest BCUT2D eigenvalue weighted by Gasteiger charge is -2.26. The Morgan fingerprint density at radius 3 is 0.886 bits per heavy atom. The Morgan fingerprint density at radius 2 is 0.614 bits per heavy atom. The molecule has 0 aliphatic carbocycles. The summed E-state index contributed by atoms with van der Waals surface area (Å²) in [6, 6.07) is 50.9. The van der Waals surface area contributed by atoms with E-state index in [1.54, 1.807) is 0 Å². The molecule has 0 N–H and O–H groups in total. The normalized spacial score (nSPS) is 11.1. The molecule has 0 aliphatic heterocycles. The van der Waals surface area contributed by atoms with E-state index in [9.17, 15) is 0 Å². The zero-order valence-electron chi connectivity index (χ0n) is 25.6. The molecule has 0 heterocycles. The molecule has 0 bridgehead atoms. The van der Waals surface area contributed by atoms with Crippen molar-refractivity contribution in [3.05, 3.63) is 168 Å². The van der Waals surface area contributed by atoms with Gasteiger partial charge in [0.25, 0.3) is 0 Å². The summed E-state index contributed by atoms with van der Waals surface area (Å²) in [5.74, 6) is 1.74. The van der Waals surface area contributed by atoms with Crippen LogP contribution in [-0.2, 0) is 0 Å². The fourth-order valence-corrected chi connectivity index (χ4v) is 8.80. The molecule has 0 fully saturated rings. The third kappa shape index (κ3) is 6.34. The van der Waals surface area contributed by atoms with Crippen LogP contribution in [0.25, 0.3) is 11.1 Å². The summed E-state index contributed by atoms with van der Waals surface area (Å²) in [4.78, 5) is 0. The van der Waals surface area contributed by atoms with Gasteiger partial charge in [-0.1, -0.05) is 133 Å². The van der Waals surface area contributed by atoms with E-state index >= 15 is 0 Å². The lowest BCUT2D eigenvalue weighted by atomic mass is 9.90.